The number of rotatable bonds is 22. The summed E-state index contributed by atoms with van der Waals surface area (Å²) in [6.45, 7) is 9.21. The van der Waals surface area contributed by atoms with E-state index in [1.807, 2.05) is 0 Å². The van der Waals surface area contributed by atoms with E-state index in [2.05, 4.69) is 50.9 Å². The van der Waals surface area contributed by atoms with Crippen molar-refractivity contribution in [2.75, 3.05) is 0 Å². The van der Waals surface area contributed by atoms with Crippen LogP contribution in [0.2, 0.25) is 0 Å². The lowest BCUT2D eigenvalue weighted by atomic mass is 9.92. The minimum atomic E-state index is -7.73. The van der Waals surface area contributed by atoms with Gasteiger partial charge in [0.25, 0.3) is 5.69 Å². The van der Waals surface area contributed by atoms with Crippen molar-refractivity contribution in [3.63, 3.8) is 0 Å². The number of nitro groups is 1. The summed E-state index contributed by atoms with van der Waals surface area (Å²) in [5, 5.41) is 32.4. The highest BCUT2D eigenvalue weighted by Crippen LogP contribution is 2.58. The number of benzene rings is 1. The fraction of sp³-hybridized carbons (Fsp3) is 0.800. The summed E-state index contributed by atoms with van der Waals surface area (Å²) in [4.78, 5) is 180. The van der Waals surface area contributed by atoms with E-state index < -0.39 is 147 Å². The average molecular weight is 1740 g/mol. The zero-order valence-corrected chi connectivity index (χ0v) is 66.0. The van der Waals surface area contributed by atoms with Gasteiger partial charge in [0, 0.05) is 137 Å². The molecule has 7 aliphatic rings. The highest BCUT2D eigenvalue weighted by molar-refractivity contribution is 5.90. The van der Waals surface area contributed by atoms with Crippen molar-refractivity contribution in [3.05, 3.63) is 79.2 Å². The largest absolute Gasteiger partial charge is 0.491 e. The summed E-state index contributed by atoms with van der Waals surface area (Å²) in [5.74, 6) is -38.5. The molecule has 0 unspecified atom stereocenters. The summed E-state index contributed by atoms with van der Waals surface area (Å²) >= 11 is 0. The van der Waals surface area contributed by atoms with Crippen LogP contribution in [0.15, 0.2) is 65.7 Å². The van der Waals surface area contributed by atoms with Crippen molar-refractivity contribution in [2.45, 2.75) is 355 Å². The molecule has 0 bridgehead atoms. The smallest absolute Gasteiger partial charge is 0.434 e. The number of hydrogen-bond acceptors (Lipinski definition) is 34. The Morgan fingerprint density at radius 2 is 0.538 bits per heavy atom. The Morgan fingerprint density at radius 3 is 0.714 bits per heavy atom. The number of halogens is 14. The first-order chi connectivity index (χ1) is 55.1. The molecule has 0 aliphatic heterocycles. The predicted octanol–water partition coefficient (Wildman–Crippen LogP) is 19.7. The monoisotopic (exact) mass is 1740 g/mol. The number of hydrogen-bond donors (Lipinski definition) is 0. The summed E-state index contributed by atoms with van der Waals surface area (Å²) in [5.41, 5.74) is -11.1. The molecule has 674 valence electrons. The molecule has 49 heteroatoms. The van der Waals surface area contributed by atoms with Gasteiger partial charge in [-0.2, -0.15) is 61.5 Å². The molecule has 0 N–H and O–H groups in total. The van der Waals surface area contributed by atoms with Gasteiger partial charge in [0.1, 0.15) is 0 Å². The minimum Gasteiger partial charge on any atom is -0.434 e. The Labute approximate surface area is 670 Å². The van der Waals surface area contributed by atoms with Gasteiger partial charge in [0.15, 0.2) is 0 Å². The van der Waals surface area contributed by atoms with Gasteiger partial charge in [-0.25, -0.2) is 14.4 Å². The molecule has 0 amide bonds. The topological polar surface area (TPSA) is 489 Å². The number of ether oxygens (including phenoxy) is 8. The van der Waals surface area contributed by atoms with Crippen molar-refractivity contribution in [1.82, 2.24) is 0 Å². The van der Waals surface area contributed by atoms with Gasteiger partial charge in [0.2, 0.25) is 45.8 Å². The second-order valence-corrected chi connectivity index (χ2v) is 29.0. The molecule has 0 aromatic heterocycles. The number of carbonyl (C=O) groups excluding carboxylic acids is 8. The Kier molecular flexibility index (Phi) is 42.6. The molecule has 7 saturated carbocycles. The number of non-ortho nitro benzene ring substituents is 1. The Bertz CT molecular complexity index is 3310. The maximum atomic E-state index is 13.5. The molecule has 8 rings (SSSR count). The Morgan fingerprint density at radius 1 is 0.328 bits per heavy atom. The number of alkyl halides is 14. The molecular formula is C70H95F14N9O26. The molecule has 35 nitrogen and oxygen atoms in total. The zero-order valence-electron chi connectivity index (χ0n) is 66.0. The fourth-order valence-electron chi connectivity index (χ4n) is 12.7. The van der Waals surface area contributed by atoms with E-state index in [1.165, 1.54) is 72.7 Å². The van der Waals surface area contributed by atoms with Crippen LogP contribution in [0.25, 0.3) is 0 Å². The van der Waals surface area contributed by atoms with Gasteiger partial charge >= 0.3 is 83.8 Å². The quantitative estimate of drug-likeness (QED) is 0.0260. The van der Waals surface area contributed by atoms with Crippen LogP contribution in [0.4, 0.5) is 67.2 Å². The number of carbonyl (C=O) groups is 8. The third kappa shape index (κ3) is 33.7. The molecule has 7 fully saturated rings. The van der Waals surface area contributed by atoms with Gasteiger partial charge in [0.05, 0.1) is 10.5 Å². The van der Waals surface area contributed by atoms with Crippen LogP contribution >= 0.6 is 0 Å². The second-order valence-electron chi connectivity index (χ2n) is 29.0. The maximum Gasteiger partial charge on any atom is 0.491 e. The van der Waals surface area contributed by atoms with Crippen LogP contribution in [-0.4, -0.2) is 135 Å². The first-order valence-corrected chi connectivity index (χ1v) is 37.4. The van der Waals surface area contributed by atoms with Crippen molar-refractivity contribution in [3.8, 4) is 0 Å². The van der Waals surface area contributed by atoms with E-state index in [0.717, 1.165) is 103 Å². The maximum absolute atomic E-state index is 13.5. The van der Waals surface area contributed by atoms with E-state index in [0.29, 0.717) is 83.5 Å². The summed E-state index contributed by atoms with van der Waals surface area (Å²) < 4.78 is 214. The van der Waals surface area contributed by atoms with Gasteiger partial charge < -0.3 is 37.9 Å². The summed E-state index contributed by atoms with van der Waals surface area (Å²) in [6, 6.07) is 4.86. The lowest BCUT2D eigenvalue weighted by Crippen LogP contribution is -2.68. The molecule has 0 spiro atoms. The molecular weight excluding hydrogens is 1650 g/mol. The highest BCUT2D eigenvalue weighted by atomic mass is 19.4. The van der Waals surface area contributed by atoms with Crippen LogP contribution in [0.3, 0.4) is 0 Å². The van der Waals surface area contributed by atoms with E-state index in [-0.39, 0.29) is 36.9 Å². The van der Waals surface area contributed by atoms with Gasteiger partial charge in [-0.1, -0.05) is 44.9 Å². The van der Waals surface area contributed by atoms with Crippen LogP contribution < -0.4 is 0 Å². The molecule has 0 atom stereocenters. The van der Waals surface area contributed by atoms with Crippen molar-refractivity contribution in [1.29, 1.82) is 0 Å². The molecule has 0 heterocycles. The lowest BCUT2D eigenvalue weighted by molar-refractivity contribution is -0.418. The van der Waals surface area contributed by atoms with E-state index in [4.69, 9.17) is 28.4 Å². The Balaban J connectivity index is 0.000000693. The first-order valence-electron chi connectivity index (χ1n) is 37.4. The minimum absolute atomic E-state index is 0.0310. The van der Waals surface area contributed by atoms with Gasteiger partial charge in [-0.3, -0.25) is 34.1 Å². The molecule has 0 radical (unpaired) electrons. The number of nitro benzene ring substituents is 1. The zero-order chi connectivity index (χ0) is 91.2. The highest BCUT2D eigenvalue weighted by Gasteiger charge is 2.89. The fourth-order valence-corrected chi connectivity index (χ4v) is 12.7. The van der Waals surface area contributed by atoms with Crippen LogP contribution in [0.5, 0.6) is 0 Å². The molecule has 1 aromatic rings. The number of esters is 8. The number of nitrogens with zero attached hydrogens (tertiary/aromatic N) is 9. The average Bonchev–Trinajstić information content (AvgIpc) is 0.717. The first kappa shape index (κ1) is 107. The molecule has 0 saturated heterocycles. The lowest BCUT2D eigenvalue weighted by Gasteiger charge is -2.37. The SMILES string of the molecule is CC(=O)OC1(N=O)CCCCC1.CC(=O)OC1(N=O)CCCCC1.CC(=O)OC1(N=O)CCCCC1.CC(=O)OC1(N=O)CCCCC1.CC(=O)OC1(N=O)CCCCC1.CC(C)(N=O)OC(=O)c1ccc([N+](=O)[O-])cc1.O=NC1(OC(=O)C(F)(F)C(F)(F)C(F)(F)C(F)(F)C(F)(F)F)CCCCC1.O=NC1(OC(=O)C(F)(F)F)CCCCC1. The third-order valence-corrected chi connectivity index (χ3v) is 18.7. The van der Waals surface area contributed by atoms with Gasteiger partial charge in [-0.15, -0.1) is 39.3 Å². The molecule has 119 heavy (non-hydrogen) atoms. The van der Waals surface area contributed by atoms with E-state index in [1.54, 1.807) is 0 Å². The van der Waals surface area contributed by atoms with Gasteiger partial charge in [-0.05, 0) is 157 Å². The van der Waals surface area contributed by atoms with E-state index in [9.17, 15) is 149 Å². The third-order valence-electron chi connectivity index (χ3n) is 18.7. The molecule has 1 aromatic carbocycles. The number of nitroso groups, excluding NO2 is 8. The summed E-state index contributed by atoms with van der Waals surface area (Å²) in [6.07, 6.45) is 9.37. The predicted molar refractivity (Wildman–Crippen MR) is 383 cm³/mol. The Hall–Kier alpha value is -9.80. The standard InChI is InChI=1S/C12H10F11NO3.C10H10N2O5.C8H10F3NO3.5C8H13NO3/c13-8(14,6(25)27-7(24-26)4-2-1-3-5-7)9(15,16)10(17,18)11(19,20)12(21,22)23;1-10(2,11-14)17-9(13)7-3-5-8(6-4-7)12(15)16;9-8(10,11)6(13)15-7(12-14)4-2-1-3-5-7;5*1-7(10)12-8(9-11)5-3-2-4-6-8/h1-5H2;3-6H,1-2H3;1-5H2;5*2-6H2,1H3. The van der Waals surface area contributed by atoms with Crippen molar-refractivity contribution >= 4 is 53.4 Å². The van der Waals surface area contributed by atoms with Crippen LogP contribution in [0.1, 0.15) is 284 Å². The summed E-state index contributed by atoms with van der Waals surface area (Å²) in [7, 11) is 0. The van der Waals surface area contributed by atoms with Crippen LogP contribution in [0, 0.1) is 49.4 Å². The van der Waals surface area contributed by atoms with E-state index >= 15 is 0 Å². The second kappa shape index (κ2) is 47.3. The van der Waals surface area contributed by atoms with Crippen molar-refractivity contribution in [2.24, 2.45) is 41.4 Å². The van der Waals surface area contributed by atoms with Crippen LogP contribution in [-0.2, 0) is 71.5 Å². The molecule has 7 aliphatic carbocycles. The normalized spacial score (nSPS) is 19.4. The van der Waals surface area contributed by atoms with Crippen molar-refractivity contribution < 1.29 is 143 Å².